The SMILES string of the molecule is CN=C(NCc1cccc(C(=O)NCCN(C)C)c1)NCc1ccc(C)cc1SC. The molecule has 0 aliphatic heterocycles. The van der Waals surface area contributed by atoms with Gasteiger partial charge in [0.25, 0.3) is 5.91 Å². The molecule has 0 aromatic heterocycles. The molecule has 0 unspecified atom stereocenters. The Bertz CT molecular complexity index is 866. The van der Waals surface area contributed by atoms with E-state index in [1.54, 1.807) is 18.8 Å². The van der Waals surface area contributed by atoms with E-state index >= 15 is 0 Å². The van der Waals surface area contributed by atoms with Crippen molar-refractivity contribution in [3.8, 4) is 0 Å². The van der Waals surface area contributed by atoms with Crippen LogP contribution in [0.4, 0.5) is 0 Å². The van der Waals surface area contributed by atoms with Crippen molar-refractivity contribution in [3.05, 3.63) is 64.7 Å². The molecule has 0 bridgehead atoms. The van der Waals surface area contributed by atoms with E-state index in [2.05, 4.69) is 52.3 Å². The molecule has 2 aromatic carbocycles. The quantitative estimate of drug-likeness (QED) is 0.326. The van der Waals surface area contributed by atoms with Crippen LogP contribution >= 0.6 is 11.8 Å². The fraction of sp³-hybridized carbons (Fsp3) is 0.391. The Morgan fingerprint density at radius 2 is 1.83 bits per heavy atom. The van der Waals surface area contributed by atoms with E-state index in [9.17, 15) is 4.79 Å². The zero-order valence-corrected chi connectivity index (χ0v) is 19.4. The summed E-state index contributed by atoms with van der Waals surface area (Å²) in [6.45, 7) is 4.83. The van der Waals surface area contributed by atoms with E-state index in [0.29, 0.717) is 25.2 Å². The molecule has 2 rings (SSSR count). The number of amides is 1. The van der Waals surface area contributed by atoms with Gasteiger partial charge in [0.1, 0.15) is 0 Å². The molecule has 0 fully saturated rings. The van der Waals surface area contributed by atoms with Gasteiger partial charge in [0, 0.05) is 43.7 Å². The molecular weight excluding hydrogens is 394 g/mol. The molecule has 0 spiro atoms. The highest BCUT2D eigenvalue weighted by atomic mass is 32.2. The number of rotatable bonds is 9. The van der Waals surface area contributed by atoms with Crippen molar-refractivity contribution in [2.45, 2.75) is 24.9 Å². The number of benzene rings is 2. The molecule has 0 aliphatic rings. The number of nitrogens with one attached hydrogen (secondary N) is 3. The Balaban J connectivity index is 1.90. The molecule has 7 heteroatoms. The van der Waals surface area contributed by atoms with Gasteiger partial charge in [0.2, 0.25) is 0 Å². The normalized spacial score (nSPS) is 11.5. The summed E-state index contributed by atoms with van der Waals surface area (Å²) < 4.78 is 0. The predicted octanol–water partition coefficient (Wildman–Crippen LogP) is 2.87. The summed E-state index contributed by atoms with van der Waals surface area (Å²) in [5.74, 6) is 0.675. The van der Waals surface area contributed by atoms with Gasteiger partial charge in [-0.3, -0.25) is 9.79 Å². The van der Waals surface area contributed by atoms with Gasteiger partial charge in [0.15, 0.2) is 5.96 Å². The van der Waals surface area contributed by atoms with Gasteiger partial charge in [-0.15, -0.1) is 11.8 Å². The minimum Gasteiger partial charge on any atom is -0.352 e. The lowest BCUT2D eigenvalue weighted by Gasteiger charge is -2.14. The first-order chi connectivity index (χ1) is 14.4. The van der Waals surface area contributed by atoms with Gasteiger partial charge in [0.05, 0.1) is 0 Å². The van der Waals surface area contributed by atoms with Gasteiger partial charge < -0.3 is 20.9 Å². The summed E-state index contributed by atoms with van der Waals surface area (Å²) in [5, 5.41) is 9.64. The molecule has 0 saturated carbocycles. The third-order valence-electron chi connectivity index (χ3n) is 4.61. The molecular formula is C23H33N5OS. The molecule has 1 amide bonds. The maximum Gasteiger partial charge on any atom is 0.251 e. The van der Waals surface area contributed by atoms with E-state index in [4.69, 9.17) is 0 Å². The number of likely N-dealkylation sites (N-methyl/N-ethyl adjacent to an activating group) is 1. The van der Waals surface area contributed by atoms with E-state index in [0.717, 1.165) is 18.1 Å². The molecule has 2 aromatic rings. The Morgan fingerprint density at radius 3 is 2.53 bits per heavy atom. The van der Waals surface area contributed by atoms with E-state index in [-0.39, 0.29) is 5.91 Å². The van der Waals surface area contributed by atoms with Crippen LogP contribution < -0.4 is 16.0 Å². The second kappa shape index (κ2) is 12.2. The van der Waals surface area contributed by atoms with Crippen LogP contribution in [-0.4, -0.2) is 57.3 Å². The maximum absolute atomic E-state index is 12.3. The summed E-state index contributed by atoms with van der Waals surface area (Å²) in [4.78, 5) is 19.9. The summed E-state index contributed by atoms with van der Waals surface area (Å²) in [5.41, 5.74) is 4.20. The molecule has 30 heavy (non-hydrogen) atoms. The second-order valence-corrected chi connectivity index (χ2v) is 8.20. The zero-order valence-electron chi connectivity index (χ0n) is 18.6. The smallest absolute Gasteiger partial charge is 0.251 e. The van der Waals surface area contributed by atoms with Crippen LogP contribution in [-0.2, 0) is 13.1 Å². The van der Waals surface area contributed by atoms with Crippen LogP contribution in [0.5, 0.6) is 0 Å². The summed E-state index contributed by atoms with van der Waals surface area (Å²) in [6, 6.07) is 14.1. The topological polar surface area (TPSA) is 68.8 Å². The minimum absolute atomic E-state index is 0.0508. The first-order valence-corrected chi connectivity index (χ1v) is 11.2. The fourth-order valence-corrected chi connectivity index (χ4v) is 3.61. The standard InChI is InChI=1S/C23H33N5OS/c1-17-9-10-20(21(13-17)30-5)16-27-23(24-2)26-15-18-7-6-8-19(14-18)22(29)25-11-12-28(3)4/h6-10,13-14H,11-12,15-16H2,1-5H3,(H,25,29)(H2,24,26,27). The Kier molecular flexibility index (Phi) is 9.70. The number of carbonyl (C=O) groups excluding carboxylic acids is 1. The average molecular weight is 428 g/mol. The van der Waals surface area contributed by atoms with E-state index in [1.165, 1.54) is 16.0 Å². The molecule has 0 heterocycles. The number of carbonyl (C=O) groups is 1. The van der Waals surface area contributed by atoms with Crippen LogP contribution in [0.3, 0.4) is 0 Å². The van der Waals surface area contributed by atoms with Crippen molar-refractivity contribution in [1.82, 2.24) is 20.9 Å². The third kappa shape index (κ3) is 7.72. The average Bonchev–Trinajstić information content (AvgIpc) is 2.74. The van der Waals surface area contributed by atoms with Gasteiger partial charge in [-0.1, -0.05) is 24.3 Å². The van der Waals surface area contributed by atoms with Crippen LogP contribution in [0.2, 0.25) is 0 Å². The van der Waals surface area contributed by atoms with E-state index in [1.807, 2.05) is 43.3 Å². The highest BCUT2D eigenvalue weighted by Gasteiger charge is 2.07. The number of hydrogen-bond acceptors (Lipinski definition) is 4. The summed E-state index contributed by atoms with van der Waals surface area (Å²) in [7, 11) is 5.73. The lowest BCUT2D eigenvalue weighted by atomic mass is 10.1. The van der Waals surface area contributed by atoms with Crippen molar-refractivity contribution in [1.29, 1.82) is 0 Å². The number of nitrogens with zero attached hydrogens (tertiary/aromatic N) is 2. The second-order valence-electron chi connectivity index (χ2n) is 7.35. The number of hydrogen-bond donors (Lipinski definition) is 3. The molecule has 162 valence electrons. The van der Waals surface area contributed by atoms with Crippen LogP contribution in [0.25, 0.3) is 0 Å². The predicted molar refractivity (Wildman–Crippen MR) is 127 cm³/mol. The first-order valence-electron chi connectivity index (χ1n) is 10.0. The Morgan fingerprint density at radius 1 is 1.07 bits per heavy atom. The largest absolute Gasteiger partial charge is 0.352 e. The van der Waals surface area contributed by atoms with Crippen molar-refractivity contribution in [3.63, 3.8) is 0 Å². The van der Waals surface area contributed by atoms with E-state index < -0.39 is 0 Å². The zero-order chi connectivity index (χ0) is 21.9. The molecule has 3 N–H and O–H groups in total. The fourth-order valence-electron chi connectivity index (χ4n) is 2.90. The van der Waals surface area contributed by atoms with Gasteiger partial charge >= 0.3 is 0 Å². The summed E-state index contributed by atoms with van der Waals surface area (Å²) in [6.07, 6.45) is 2.09. The molecule has 0 atom stereocenters. The van der Waals surface area contributed by atoms with Crippen LogP contribution in [0.1, 0.15) is 27.0 Å². The lowest BCUT2D eigenvalue weighted by Crippen LogP contribution is -2.36. The molecule has 0 saturated heterocycles. The van der Waals surface area contributed by atoms with Crippen molar-refractivity contribution in [2.24, 2.45) is 4.99 Å². The van der Waals surface area contributed by atoms with Crippen molar-refractivity contribution >= 4 is 23.6 Å². The van der Waals surface area contributed by atoms with Gasteiger partial charge in [-0.05, 0) is 62.2 Å². The third-order valence-corrected chi connectivity index (χ3v) is 5.43. The minimum atomic E-state index is -0.0508. The molecule has 6 nitrogen and oxygen atoms in total. The van der Waals surface area contributed by atoms with Crippen LogP contribution in [0.15, 0.2) is 52.4 Å². The van der Waals surface area contributed by atoms with Crippen LogP contribution in [0, 0.1) is 6.92 Å². The maximum atomic E-state index is 12.3. The van der Waals surface area contributed by atoms with Crippen molar-refractivity contribution < 1.29 is 4.79 Å². The Labute approximate surface area is 184 Å². The molecule has 0 radical (unpaired) electrons. The van der Waals surface area contributed by atoms with Gasteiger partial charge in [-0.2, -0.15) is 0 Å². The highest BCUT2D eigenvalue weighted by molar-refractivity contribution is 7.98. The first kappa shape index (κ1) is 23.8. The lowest BCUT2D eigenvalue weighted by molar-refractivity contribution is 0.0951. The number of aryl methyl sites for hydroxylation is 1. The Hall–Kier alpha value is -2.51. The monoisotopic (exact) mass is 427 g/mol. The van der Waals surface area contributed by atoms with Crippen molar-refractivity contribution in [2.75, 3.05) is 40.5 Å². The summed E-state index contributed by atoms with van der Waals surface area (Å²) >= 11 is 1.75. The number of guanidine groups is 1. The van der Waals surface area contributed by atoms with Gasteiger partial charge in [-0.25, -0.2) is 0 Å². The highest BCUT2D eigenvalue weighted by Crippen LogP contribution is 2.21. The number of thioether (sulfide) groups is 1. The molecule has 0 aliphatic carbocycles. The number of aliphatic imine (C=N–C) groups is 1.